The molecule has 7 nitrogen and oxygen atoms in total. The molecule has 35 heavy (non-hydrogen) atoms. The maximum atomic E-state index is 12.5. The van der Waals surface area contributed by atoms with Crippen LogP contribution in [-0.2, 0) is 14.3 Å². The molecule has 0 aliphatic heterocycles. The Kier molecular flexibility index (Phi) is 9.29. The number of aliphatic carboxylic acids is 1. The van der Waals surface area contributed by atoms with Gasteiger partial charge in [0, 0.05) is 18.4 Å². The maximum absolute atomic E-state index is 12.5. The fourth-order valence-electron chi connectivity index (χ4n) is 4.51. The summed E-state index contributed by atoms with van der Waals surface area (Å²) in [6.07, 6.45) is 1.77. The molecular formula is C28H36N2O5. The molecule has 3 N–H and O–H groups in total. The quantitative estimate of drug-likeness (QED) is 0.392. The molecule has 2 aromatic carbocycles. The van der Waals surface area contributed by atoms with E-state index < -0.39 is 18.1 Å². The minimum Gasteiger partial charge on any atom is -0.480 e. The van der Waals surface area contributed by atoms with E-state index in [1.165, 1.54) is 11.1 Å². The van der Waals surface area contributed by atoms with E-state index in [4.69, 9.17) is 4.74 Å². The van der Waals surface area contributed by atoms with Gasteiger partial charge in [-0.05, 0) is 53.9 Å². The molecule has 2 atom stereocenters. The summed E-state index contributed by atoms with van der Waals surface area (Å²) in [6, 6.07) is 15.2. The van der Waals surface area contributed by atoms with Gasteiger partial charge in [-0.3, -0.25) is 4.79 Å². The zero-order valence-corrected chi connectivity index (χ0v) is 20.8. The Morgan fingerprint density at radius 3 is 2.06 bits per heavy atom. The average molecular weight is 481 g/mol. The Morgan fingerprint density at radius 1 is 0.914 bits per heavy atom. The minimum absolute atomic E-state index is 0.0159. The molecular weight excluding hydrogens is 444 g/mol. The van der Waals surface area contributed by atoms with Gasteiger partial charge in [-0.2, -0.15) is 0 Å². The Bertz CT molecular complexity index is 990. The van der Waals surface area contributed by atoms with Gasteiger partial charge in [-0.15, -0.1) is 0 Å². The lowest BCUT2D eigenvalue weighted by Gasteiger charge is -2.20. The highest BCUT2D eigenvalue weighted by Crippen LogP contribution is 2.44. The molecule has 0 spiro atoms. The second-order valence-corrected chi connectivity index (χ2v) is 9.54. The largest absolute Gasteiger partial charge is 0.480 e. The normalized spacial score (nSPS) is 14.1. The van der Waals surface area contributed by atoms with Gasteiger partial charge >= 0.3 is 12.1 Å². The highest BCUT2D eigenvalue weighted by molar-refractivity contribution is 5.83. The number of nitrogens with one attached hydrogen (secondary N) is 2. The number of ether oxygens (including phenoxy) is 1. The van der Waals surface area contributed by atoms with Crippen molar-refractivity contribution in [2.75, 3.05) is 6.61 Å². The fraction of sp³-hybridized carbons (Fsp3) is 0.464. The molecule has 1 aliphatic rings. The minimum atomic E-state index is -1.03. The van der Waals surface area contributed by atoms with Crippen LogP contribution in [0.15, 0.2) is 48.5 Å². The van der Waals surface area contributed by atoms with Crippen LogP contribution in [0.5, 0.6) is 0 Å². The first-order valence-corrected chi connectivity index (χ1v) is 12.4. The summed E-state index contributed by atoms with van der Waals surface area (Å²) in [5.74, 6) is -1.01. The van der Waals surface area contributed by atoms with E-state index in [-0.39, 0.29) is 30.9 Å². The zero-order chi connectivity index (χ0) is 25.4. The fourth-order valence-corrected chi connectivity index (χ4v) is 4.51. The van der Waals surface area contributed by atoms with E-state index in [2.05, 4.69) is 34.9 Å². The number of carbonyl (C=O) groups is 3. The number of fused-ring (bicyclic) bond motifs is 3. The number of carbonyl (C=O) groups excluding carboxylic acids is 2. The predicted molar refractivity (Wildman–Crippen MR) is 135 cm³/mol. The standard InChI is InChI=1S/C28H36N2O5/c1-4-19(14-16-26(31)30-25(27(32)33)15-13-18(2)3)29-28(34)35-17-24-22-11-7-5-9-20(22)21-10-6-8-12-23(21)24/h5-12,18-19,24-25H,4,13-17H2,1-3H3,(H,29,34)(H,30,31)(H,32,33). The lowest BCUT2D eigenvalue weighted by atomic mass is 9.98. The molecule has 1 aliphatic carbocycles. The first-order valence-electron chi connectivity index (χ1n) is 12.4. The van der Waals surface area contributed by atoms with Gasteiger partial charge < -0.3 is 20.5 Å². The van der Waals surface area contributed by atoms with Gasteiger partial charge in [0.25, 0.3) is 0 Å². The molecule has 0 aromatic heterocycles. The van der Waals surface area contributed by atoms with Crippen LogP contribution in [0.3, 0.4) is 0 Å². The van der Waals surface area contributed by atoms with Crippen molar-refractivity contribution in [1.29, 1.82) is 0 Å². The first kappa shape index (κ1) is 26.3. The summed E-state index contributed by atoms with van der Waals surface area (Å²) in [5, 5.41) is 14.8. The number of alkyl carbamates (subject to hydrolysis) is 1. The Balaban J connectivity index is 1.49. The highest BCUT2D eigenvalue weighted by atomic mass is 16.5. The molecule has 7 heteroatoms. The van der Waals surface area contributed by atoms with E-state index >= 15 is 0 Å². The molecule has 0 bridgehead atoms. The van der Waals surface area contributed by atoms with Crippen molar-refractivity contribution in [1.82, 2.24) is 10.6 Å². The van der Waals surface area contributed by atoms with Crippen LogP contribution in [0.25, 0.3) is 11.1 Å². The lowest BCUT2D eigenvalue weighted by molar-refractivity contribution is -0.142. The Morgan fingerprint density at radius 2 is 1.51 bits per heavy atom. The van der Waals surface area contributed by atoms with Gasteiger partial charge in [0.15, 0.2) is 0 Å². The Hall–Kier alpha value is -3.35. The number of hydrogen-bond donors (Lipinski definition) is 3. The van der Waals surface area contributed by atoms with Crippen LogP contribution in [0.1, 0.15) is 69.9 Å². The number of carboxylic acid groups (broad SMARTS) is 1. The number of amides is 2. The molecule has 0 radical (unpaired) electrons. The summed E-state index contributed by atoms with van der Waals surface area (Å²) in [4.78, 5) is 36.3. The third kappa shape index (κ3) is 7.07. The number of hydrogen-bond acceptors (Lipinski definition) is 4. The monoisotopic (exact) mass is 480 g/mol. The van der Waals surface area contributed by atoms with Crippen LogP contribution in [-0.4, -0.2) is 41.8 Å². The van der Waals surface area contributed by atoms with Crippen LogP contribution in [0.2, 0.25) is 0 Å². The second kappa shape index (κ2) is 12.4. The van der Waals surface area contributed by atoms with Crippen LogP contribution >= 0.6 is 0 Å². The highest BCUT2D eigenvalue weighted by Gasteiger charge is 2.29. The second-order valence-electron chi connectivity index (χ2n) is 9.54. The van der Waals surface area contributed by atoms with E-state index in [9.17, 15) is 19.5 Å². The summed E-state index contributed by atoms with van der Waals surface area (Å²) < 4.78 is 5.60. The van der Waals surface area contributed by atoms with Crippen molar-refractivity contribution in [3.63, 3.8) is 0 Å². The molecule has 0 saturated carbocycles. The van der Waals surface area contributed by atoms with Crippen LogP contribution < -0.4 is 10.6 Å². The zero-order valence-electron chi connectivity index (χ0n) is 20.8. The van der Waals surface area contributed by atoms with Gasteiger partial charge in [0.1, 0.15) is 12.6 Å². The molecule has 0 fully saturated rings. The Labute approximate surface area is 207 Å². The van der Waals surface area contributed by atoms with Gasteiger partial charge in [-0.25, -0.2) is 9.59 Å². The third-order valence-corrected chi connectivity index (χ3v) is 6.54. The SMILES string of the molecule is CCC(CCC(=O)NC(CCC(C)C)C(=O)O)NC(=O)OCC1c2ccccc2-c2ccccc21. The number of benzene rings is 2. The van der Waals surface area contributed by atoms with E-state index in [1.807, 2.05) is 45.0 Å². The average Bonchev–Trinajstić information content (AvgIpc) is 3.16. The van der Waals surface area contributed by atoms with Gasteiger partial charge in [0.05, 0.1) is 0 Å². The van der Waals surface area contributed by atoms with Crippen molar-refractivity contribution >= 4 is 18.0 Å². The van der Waals surface area contributed by atoms with Crippen molar-refractivity contribution in [2.24, 2.45) is 5.92 Å². The lowest BCUT2D eigenvalue weighted by Crippen LogP contribution is -2.42. The van der Waals surface area contributed by atoms with E-state index in [0.29, 0.717) is 25.2 Å². The summed E-state index contributed by atoms with van der Waals surface area (Å²) in [6.45, 7) is 6.19. The molecule has 3 rings (SSSR count). The molecule has 0 saturated heterocycles. The molecule has 2 amide bonds. The van der Waals surface area contributed by atoms with Crippen LogP contribution in [0.4, 0.5) is 4.79 Å². The molecule has 2 unspecified atom stereocenters. The topological polar surface area (TPSA) is 105 Å². The number of rotatable bonds is 12. The predicted octanol–water partition coefficient (Wildman–Crippen LogP) is 5.09. The molecule has 0 heterocycles. The van der Waals surface area contributed by atoms with Crippen molar-refractivity contribution in [3.8, 4) is 11.1 Å². The summed E-state index contributed by atoms with van der Waals surface area (Å²) in [5.41, 5.74) is 4.64. The van der Waals surface area contributed by atoms with Gasteiger partial charge in [0.2, 0.25) is 5.91 Å². The first-order chi connectivity index (χ1) is 16.8. The van der Waals surface area contributed by atoms with Crippen LogP contribution in [0, 0.1) is 5.92 Å². The van der Waals surface area contributed by atoms with Crippen molar-refractivity contribution in [2.45, 2.75) is 70.9 Å². The van der Waals surface area contributed by atoms with Crippen molar-refractivity contribution in [3.05, 3.63) is 59.7 Å². The molecule has 188 valence electrons. The molecule has 2 aromatic rings. The summed E-state index contributed by atoms with van der Waals surface area (Å²) >= 11 is 0. The summed E-state index contributed by atoms with van der Waals surface area (Å²) in [7, 11) is 0. The van der Waals surface area contributed by atoms with E-state index in [0.717, 1.165) is 17.5 Å². The van der Waals surface area contributed by atoms with E-state index in [1.54, 1.807) is 0 Å². The van der Waals surface area contributed by atoms with Crippen molar-refractivity contribution < 1.29 is 24.2 Å². The third-order valence-electron chi connectivity index (χ3n) is 6.54. The maximum Gasteiger partial charge on any atom is 0.407 e. The smallest absolute Gasteiger partial charge is 0.407 e. The number of carboxylic acids is 1. The van der Waals surface area contributed by atoms with Gasteiger partial charge in [-0.1, -0.05) is 69.3 Å².